The summed E-state index contributed by atoms with van der Waals surface area (Å²) in [6.07, 6.45) is 4.31. The number of nitrogens with one attached hydrogen (secondary N) is 2. The first-order valence-electron chi connectivity index (χ1n) is 13.4. The topological polar surface area (TPSA) is 99.6 Å². The number of piperazine rings is 1. The number of carbonyl (C=O) groups is 1. The fourth-order valence-corrected chi connectivity index (χ4v) is 7.21. The summed E-state index contributed by atoms with van der Waals surface area (Å²) in [6, 6.07) is 3.01. The van der Waals surface area contributed by atoms with Gasteiger partial charge in [-0.2, -0.15) is 5.10 Å². The lowest BCUT2D eigenvalue weighted by Crippen LogP contribution is -2.54. The summed E-state index contributed by atoms with van der Waals surface area (Å²) in [7, 11) is -3.78. The highest BCUT2D eigenvalue weighted by Gasteiger charge is 2.42. The van der Waals surface area contributed by atoms with Gasteiger partial charge in [-0.05, 0) is 58.1 Å². The number of amides is 1. The number of fused-ring (bicyclic) bond motifs is 1. The van der Waals surface area contributed by atoms with Crippen LogP contribution >= 0.6 is 0 Å². The van der Waals surface area contributed by atoms with Gasteiger partial charge in [-0.25, -0.2) is 17.5 Å². The second-order valence-electron chi connectivity index (χ2n) is 11.3. The van der Waals surface area contributed by atoms with Crippen LogP contribution in [-0.2, 0) is 14.8 Å². The Hall–Kier alpha value is -2.68. The van der Waals surface area contributed by atoms with Crippen LogP contribution in [-0.4, -0.2) is 79.0 Å². The molecule has 9 nitrogen and oxygen atoms in total. The van der Waals surface area contributed by atoms with Gasteiger partial charge in [0.1, 0.15) is 6.67 Å². The summed E-state index contributed by atoms with van der Waals surface area (Å²) >= 11 is 0. The Labute approximate surface area is 224 Å². The number of rotatable bonds is 6. The Morgan fingerprint density at radius 3 is 2.58 bits per heavy atom. The lowest BCUT2D eigenvalue weighted by Gasteiger charge is -2.38. The van der Waals surface area contributed by atoms with Crippen molar-refractivity contribution in [3.8, 4) is 11.8 Å². The smallest absolute Gasteiger partial charge is 0.298 e. The largest absolute Gasteiger partial charge is 0.368 e. The lowest BCUT2D eigenvalue weighted by molar-refractivity contribution is -0.126. The van der Waals surface area contributed by atoms with Crippen LogP contribution in [0.5, 0.6) is 0 Å². The van der Waals surface area contributed by atoms with Crippen molar-refractivity contribution >= 4 is 32.5 Å². The molecule has 2 aromatic rings. The van der Waals surface area contributed by atoms with E-state index in [1.165, 1.54) is 4.90 Å². The number of benzene rings is 1. The standard InChI is InChI=1S/C27H37FN6O3S/c1-5-6-7-26(35)33-17-21(10-20(33)13-28)34-25-12-22(38(36,37)31-27(4)8-9-27)11-24(23(25)14-29-34)32-15-18(2)30-19(3)16-32/h11-12,14,18-21,30-31H,5,8-10,13,15-17H2,1-4H3/t18-,19-,20-,21+/m0/s1. The van der Waals surface area contributed by atoms with E-state index in [-0.39, 0.29) is 35.5 Å². The molecule has 0 unspecified atom stereocenters. The SMILES string of the molecule is CCC#CC(=O)N1C[C@H](n2ncc3c(N4C[C@H](C)N[C@@H](C)C4)cc(S(=O)(=O)NC4(C)CC4)cc32)C[C@H]1CF. The molecule has 38 heavy (non-hydrogen) atoms. The maximum atomic E-state index is 14.0. The van der Waals surface area contributed by atoms with Crippen LogP contribution in [0.15, 0.2) is 23.2 Å². The molecule has 1 amide bonds. The van der Waals surface area contributed by atoms with Crippen molar-refractivity contribution in [3.05, 3.63) is 18.3 Å². The van der Waals surface area contributed by atoms with Crippen molar-refractivity contribution in [1.29, 1.82) is 0 Å². The summed E-state index contributed by atoms with van der Waals surface area (Å²) in [5.41, 5.74) is 1.07. The van der Waals surface area contributed by atoms with E-state index in [1.54, 1.807) is 23.0 Å². The van der Waals surface area contributed by atoms with Gasteiger partial charge in [-0.1, -0.05) is 12.8 Å². The Morgan fingerprint density at radius 1 is 1.24 bits per heavy atom. The minimum Gasteiger partial charge on any atom is -0.368 e. The Balaban J connectivity index is 1.58. The number of nitrogens with zero attached hydrogens (tertiary/aromatic N) is 4. The molecule has 1 aromatic carbocycles. The van der Waals surface area contributed by atoms with E-state index in [1.807, 2.05) is 13.8 Å². The molecule has 0 spiro atoms. The molecule has 5 rings (SSSR count). The molecule has 0 bridgehead atoms. The molecule has 2 saturated heterocycles. The van der Waals surface area contributed by atoms with Gasteiger partial charge in [-0.15, -0.1) is 0 Å². The maximum Gasteiger partial charge on any atom is 0.298 e. The van der Waals surface area contributed by atoms with E-state index in [0.717, 1.165) is 37.0 Å². The quantitative estimate of drug-likeness (QED) is 0.543. The summed E-state index contributed by atoms with van der Waals surface area (Å²) in [5.74, 6) is 4.99. The van der Waals surface area contributed by atoms with E-state index >= 15 is 0 Å². The number of anilines is 1. The highest BCUT2D eigenvalue weighted by molar-refractivity contribution is 7.89. The molecule has 3 fully saturated rings. The van der Waals surface area contributed by atoms with Crippen LogP contribution in [0, 0.1) is 11.8 Å². The average molecular weight is 545 g/mol. The number of alkyl halides is 1. The average Bonchev–Trinajstić information content (AvgIpc) is 3.25. The lowest BCUT2D eigenvalue weighted by atomic mass is 10.1. The highest BCUT2D eigenvalue weighted by Crippen LogP contribution is 2.39. The van der Waals surface area contributed by atoms with Gasteiger partial charge in [0.15, 0.2) is 0 Å². The van der Waals surface area contributed by atoms with Crippen LogP contribution in [0.1, 0.15) is 59.4 Å². The van der Waals surface area contributed by atoms with Crippen molar-refractivity contribution in [2.45, 2.75) is 88.0 Å². The Kier molecular flexibility index (Phi) is 7.18. The maximum absolute atomic E-state index is 14.0. The number of hydrogen-bond acceptors (Lipinski definition) is 6. The van der Waals surface area contributed by atoms with Crippen molar-refractivity contribution in [2.24, 2.45) is 0 Å². The van der Waals surface area contributed by atoms with Crippen molar-refractivity contribution in [3.63, 3.8) is 0 Å². The Morgan fingerprint density at radius 2 is 1.95 bits per heavy atom. The van der Waals surface area contributed by atoms with Crippen molar-refractivity contribution < 1.29 is 17.6 Å². The third kappa shape index (κ3) is 5.26. The molecule has 1 aromatic heterocycles. The second-order valence-corrected chi connectivity index (χ2v) is 13.0. The predicted molar refractivity (Wildman–Crippen MR) is 145 cm³/mol. The summed E-state index contributed by atoms with van der Waals surface area (Å²) < 4.78 is 45.6. The van der Waals surface area contributed by atoms with Crippen LogP contribution in [0.4, 0.5) is 10.1 Å². The van der Waals surface area contributed by atoms with Crippen LogP contribution in [0.25, 0.3) is 10.9 Å². The molecule has 4 atom stereocenters. The zero-order chi connectivity index (χ0) is 27.2. The van der Waals surface area contributed by atoms with Crippen LogP contribution in [0.2, 0.25) is 0 Å². The highest BCUT2D eigenvalue weighted by atomic mass is 32.2. The minimum absolute atomic E-state index is 0.190. The van der Waals surface area contributed by atoms with Gasteiger partial charge in [0, 0.05) is 54.8 Å². The Bertz CT molecular complexity index is 1380. The minimum atomic E-state index is -3.78. The van der Waals surface area contributed by atoms with E-state index in [2.05, 4.69) is 45.7 Å². The molecule has 3 aliphatic rings. The number of aromatic nitrogens is 2. The van der Waals surface area contributed by atoms with Crippen molar-refractivity contribution in [1.82, 2.24) is 24.7 Å². The van der Waals surface area contributed by atoms with Crippen LogP contribution in [0.3, 0.4) is 0 Å². The molecule has 11 heteroatoms. The van der Waals surface area contributed by atoms with Crippen molar-refractivity contribution in [2.75, 3.05) is 31.2 Å². The van der Waals surface area contributed by atoms with E-state index in [0.29, 0.717) is 18.4 Å². The molecule has 206 valence electrons. The molecule has 1 aliphatic carbocycles. The number of sulfonamides is 1. The van der Waals surface area contributed by atoms with Gasteiger partial charge in [0.2, 0.25) is 10.0 Å². The molecule has 2 N–H and O–H groups in total. The molecule has 3 heterocycles. The first-order valence-corrected chi connectivity index (χ1v) is 14.9. The number of hydrogen-bond donors (Lipinski definition) is 2. The van der Waals surface area contributed by atoms with Crippen LogP contribution < -0.4 is 14.9 Å². The van der Waals surface area contributed by atoms with E-state index < -0.39 is 28.3 Å². The van der Waals surface area contributed by atoms with Gasteiger partial charge in [-0.3, -0.25) is 9.48 Å². The number of halogens is 1. The van der Waals surface area contributed by atoms with Gasteiger partial charge in [0.05, 0.1) is 28.7 Å². The third-order valence-corrected chi connectivity index (χ3v) is 9.42. The number of likely N-dealkylation sites (tertiary alicyclic amines) is 1. The first kappa shape index (κ1) is 26.9. The summed E-state index contributed by atoms with van der Waals surface area (Å²) in [6.45, 7) is 9.06. The predicted octanol–water partition coefficient (Wildman–Crippen LogP) is 2.58. The molecule has 2 aliphatic heterocycles. The molecular formula is C27H37FN6O3S. The molecule has 0 radical (unpaired) electrons. The first-order chi connectivity index (χ1) is 18.0. The van der Waals surface area contributed by atoms with E-state index in [4.69, 9.17) is 0 Å². The number of carbonyl (C=O) groups excluding carboxylic acids is 1. The van der Waals surface area contributed by atoms with Gasteiger partial charge >= 0.3 is 0 Å². The zero-order valence-electron chi connectivity index (χ0n) is 22.5. The van der Waals surface area contributed by atoms with Gasteiger partial charge in [0.25, 0.3) is 5.91 Å². The molecule has 1 saturated carbocycles. The molecular weight excluding hydrogens is 507 g/mol. The van der Waals surface area contributed by atoms with Gasteiger partial charge < -0.3 is 15.1 Å². The fraction of sp³-hybridized carbons (Fsp3) is 0.630. The fourth-order valence-electron chi connectivity index (χ4n) is 5.71. The second kappa shape index (κ2) is 10.1. The normalized spacial score (nSPS) is 26.9. The zero-order valence-corrected chi connectivity index (χ0v) is 23.3. The summed E-state index contributed by atoms with van der Waals surface area (Å²) in [4.78, 5) is 16.5. The summed E-state index contributed by atoms with van der Waals surface area (Å²) in [5, 5.41) is 9.04. The van der Waals surface area contributed by atoms with E-state index in [9.17, 15) is 17.6 Å². The monoisotopic (exact) mass is 544 g/mol. The third-order valence-electron chi connectivity index (χ3n) is 7.81.